The molecule has 1 radical (unpaired) electrons. The highest BCUT2D eigenvalue weighted by Gasteiger charge is 2.20. The molecule has 0 unspecified atom stereocenters. The zero-order valence-corrected chi connectivity index (χ0v) is 7.67. The monoisotopic (exact) mass is 177 g/mol. The Morgan fingerprint density at radius 1 is 1.31 bits per heavy atom. The van der Waals surface area contributed by atoms with Gasteiger partial charge in [0, 0.05) is 0 Å². The maximum absolute atomic E-state index is 13.1. The highest BCUT2D eigenvalue weighted by atomic mass is 19.1. The standard InChI is InChI=1S/C12H14F/c13-12-7-2-1-5-11(12)6-3-4-10-8-9-10/h1-3,5,7,10H,4,6,8-9H2. The molecule has 1 aliphatic carbocycles. The van der Waals surface area contributed by atoms with Crippen LogP contribution in [0.3, 0.4) is 0 Å². The first-order valence-corrected chi connectivity index (χ1v) is 4.91. The fourth-order valence-corrected chi connectivity index (χ4v) is 1.49. The van der Waals surface area contributed by atoms with Gasteiger partial charge in [0.05, 0.1) is 0 Å². The van der Waals surface area contributed by atoms with Gasteiger partial charge in [0.15, 0.2) is 0 Å². The van der Waals surface area contributed by atoms with Crippen LogP contribution in [0.4, 0.5) is 4.39 Å². The molecule has 1 saturated carbocycles. The second-order valence-corrected chi connectivity index (χ2v) is 3.76. The Kier molecular flexibility index (Phi) is 2.62. The van der Waals surface area contributed by atoms with E-state index in [0.717, 1.165) is 24.3 Å². The summed E-state index contributed by atoms with van der Waals surface area (Å²) in [7, 11) is 0. The molecule has 0 heterocycles. The number of benzene rings is 1. The van der Waals surface area contributed by atoms with Crippen LogP contribution in [0.5, 0.6) is 0 Å². The third-order valence-corrected chi connectivity index (χ3v) is 2.52. The average Bonchev–Trinajstić information content (AvgIpc) is 2.92. The zero-order valence-electron chi connectivity index (χ0n) is 7.67. The average molecular weight is 177 g/mol. The first kappa shape index (κ1) is 8.74. The fourth-order valence-electron chi connectivity index (χ4n) is 1.49. The Morgan fingerprint density at radius 3 is 2.77 bits per heavy atom. The minimum atomic E-state index is -0.0745. The lowest BCUT2D eigenvalue weighted by atomic mass is 10.1. The largest absolute Gasteiger partial charge is 0.207 e. The van der Waals surface area contributed by atoms with Gasteiger partial charge >= 0.3 is 0 Å². The lowest BCUT2D eigenvalue weighted by Gasteiger charge is -2.01. The molecule has 0 atom stereocenters. The number of hydrogen-bond donors (Lipinski definition) is 0. The summed E-state index contributed by atoms with van der Waals surface area (Å²) in [5, 5.41) is 0. The van der Waals surface area contributed by atoms with Crippen molar-refractivity contribution in [2.24, 2.45) is 5.92 Å². The molecule has 0 aliphatic heterocycles. The van der Waals surface area contributed by atoms with Crippen LogP contribution in [-0.4, -0.2) is 0 Å². The van der Waals surface area contributed by atoms with Crippen molar-refractivity contribution < 1.29 is 4.39 Å². The second-order valence-electron chi connectivity index (χ2n) is 3.76. The zero-order chi connectivity index (χ0) is 9.10. The molecule has 1 heteroatoms. The Morgan fingerprint density at radius 2 is 2.08 bits per heavy atom. The van der Waals surface area contributed by atoms with Crippen LogP contribution < -0.4 is 0 Å². The molecule has 1 aromatic rings. The molecular weight excluding hydrogens is 163 g/mol. The molecule has 0 nitrogen and oxygen atoms in total. The quantitative estimate of drug-likeness (QED) is 0.661. The van der Waals surface area contributed by atoms with Crippen molar-refractivity contribution in [1.29, 1.82) is 0 Å². The van der Waals surface area contributed by atoms with Gasteiger partial charge in [-0.15, -0.1) is 0 Å². The van der Waals surface area contributed by atoms with Crippen molar-refractivity contribution in [3.8, 4) is 0 Å². The summed E-state index contributed by atoms with van der Waals surface area (Å²) in [4.78, 5) is 0. The topological polar surface area (TPSA) is 0 Å². The van der Waals surface area contributed by atoms with Crippen molar-refractivity contribution in [2.45, 2.75) is 25.7 Å². The lowest BCUT2D eigenvalue weighted by Crippen LogP contribution is -1.91. The van der Waals surface area contributed by atoms with E-state index >= 15 is 0 Å². The smallest absolute Gasteiger partial charge is 0.126 e. The predicted octanol–water partition coefficient (Wildman–Crippen LogP) is 3.37. The van der Waals surface area contributed by atoms with Gasteiger partial charge in [-0.3, -0.25) is 0 Å². The van der Waals surface area contributed by atoms with E-state index in [1.54, 1.807) is 6.07 Å². The maximum atomic E-state index is 13.1. The van der Waals surface area contributed by atoms with Crippen LogP contribution in [-0.2, 0) is 6.42 Å². The molecule has 1 aliphatic rings. The molecular formula is C12H14F. The normalized spacial score (nSPS) is 16.1. The molecule has 69 valence electrons. The van der Waals surface area contributed by atoms with Crippen molar-refractivity contribution in [2.75, 3.05) is 0 Å². The molecule has 2 rings (SSSR count). The SMILES string of the molecule is Fc1ccccc1C[CH]CC1CC1. The first-order valence-electron chi connectivity index (χ1n) is 4.91. The van der Waals surface area contributed by atoms with Crippen LogP contribution in [0.1, 0.15) is 24.8 Å². The summed E-state index contributed by atoms with van der Waals surface area (Å²) in [6, 6.07) is 7.02. The van der Waals surface area contributed by atoms with Crippen molar-refractivity contribution in [1.82, 2.24) is 0 Å². The minimum absolute atomic E-state index is 0.0745. The van der Waals surface area contributed by atoms with E-state index in [2.05, 4.69) is 6.42 Å². The van der Waals surface area contributed by atoms with Gasteiger partial charge in [0.2, 0.25) is 0 Å². The van der Waals surface area contributed by atoms with Crippen LogP contribution in [0.25, 0.3) is 0 Å². The predicted molar refractivity (Wildman–Crippen MR) is 51.7 cm³/mol. The van der Waals surface area contributed by atoms with Gasteiger partial charge in [-0.2, -0.15) is 0 Å². The molecule has 0 saturated heterocycles. The number of hydrogen-bond acceptors (Lipinski definition) is 0. The number of rotatable bonds is 4. The van der Waals surface area contributed by atoms with Gasteiger partial charge in [-0.05, 0) is 36.8 Å². The van der Waals surface area contributed by atoms with E-state index in [1.807, 2.05) is 12.1 Å². The highest BCUT2D eigenvalue weighted by Crippen LogP contribution is 2.33. The van der Waals surface area contributed by atoms with E-state index in [9.17, 15) is 4.39 Å². The van der Waals surface area contributed by atoms with Crippen molar-refractivity contribution in [3.63, 3.8) is 0 Å². The third-order valence-electron chi connectivity index (χ3n) is 2.52. The van der Waals surface area contributed by atoms with Gasteiger partial charge in [0.1, 0.15) is 5.82 Å². The molecule has 0 spiro atoms. The van der Waals surface area contributed by atoms with Gasteiger partial charge in [0.25, 0.3) is 0 Å². The third kappa shape index (κ3) is 2.55. The summed E-state index contributed by atoms with van der Waals surface area (Å²) < 4.78 is 13.1. The summed E-state index contributed by atoms with van der Waals surface area (Å²) in [6.07, 6.45) is 6.88. The van der Waals surface area contributed by atoms with Crippen LogP contribution in [0.15, 0.2) is 24.3 Å². The van der Waals surface area contributed by atoms with E-state index in [-0.39, 0.29) is 5.82 Å². The Hall–Kier alpha value is -0.850. The molecule has 1 aromatic carbocycles. The molecule has 0 aromatic heterocycles. The molecule has 0 bridgehead atoms. The second kappa shape index (κ2) is 3.91. The lowest BCUT2D eigenvalue weighted by molar-refractivity contribution is 0.610. The molecule has 0 N–H and O–H groups in total. The summed E-state index contributed by atoms with van der Waals surface area (Å²) in [5.41, 5.74) is 0.822. The van der Waals surface area contributed by atoms with E-state index < -0.39 is 0 Å². The molecule has 0 amide bonds. The maximum Gasteiger partial charge on any atom is 0.126 e. The van der Waals surface area contributed by atoms with Gasteiger partial charge in [-0.1, -0.05) is 31.0 Å². The summed E-state index contributed by atoms with van der Waals surface area (Å²) in [6.45, 7) is 0. The number of halogens is 1. The van der Waals surface area contributed by atoms with E-state index in [4.69, 9.17) is 0 Å². The Labute approximate surface area is 78.8 Å². The van der Waals surface area contributed by atoms with Crippen molar-refractivity contribution in [3.05, 3.63) is 42.1 Å². The van der Waals surface area contributed by atoms with E-state index in [1.165, 1.54) is 18.9 Å². The Bertz CT molecular complexity index is 276. The Balaban J connectivity index is 1.82. The summed E-state index contributed by atoms with van der Waals surface area (Å²) >= 11 is 0. The minimum Gasteiger partial charge on any atom is -0.207 e. The highest BCUT2D eigenvalue weighted by molar-refractivity contribution is 5.18. The molecule has 1 fully saturated rings. The summed E-state index contributed by atoms with van der Waals surface area (Å²) in [5.74, 6) is 0.835. The van der Waals surface area contributed by atoms with Crippen LogP contribution in [0.2, 0.25) is 0 Å². The van der Waals surface area contributed by atoms with E-state index in [0.29, 0.717) is 0 Å². The first-order chi connectivity index (χ1) is 6.36. The molecule has 13 heavy (non-hydrogen) atoms. The van der Waals surface area contributed by atoms with Crippen molar-refractivity contribution >= 4 is 0 Å². The van der Waals surface area contributed by atoms with Crippen LogP contribution >= 0.6 is 0 Å². The fraction of sp³-hybridized carbons (Fsp3) is 0.417. The van der Waals surface area contributed by atoms with Crippen LogP contribution in [0, 0.1) is 18.2 Å². The van der Waals surface area contributed by atoms with Gasteiger partial charge < -0.3 is 0 Å². The van der Waals surface area contributed by atoms with Gasteiger partial charge in [-0.25, -0.2) is 4.39 Å².